The summed E-state index contributed by atoms with van der Waals surface area (Å²) >= 11 is 0. The number of ether oxygens (including phenoxy) is 3. The molecule has 5 nitrogen and oxygen atoms in total. The first kappa shape index (κ1) is 25.6. The highest BCUT2D eigenvalue weighted by Crippen LogP contribution is 2.32. The summed E-state index contributed by atoms with van der Waals surface area (Å²) in [6, 6.07) is 21.5. The maximum Gasteiger partial charge on any atom is 0.123 e. The molecule has 196 valence electrons. The number of rotatable bonds is 11. The van der Waals surface area contributed by atoms with Crippen LogP contribution in [0.2, 0.25) is 0 Å². The number of methoxy groups -OCH3 is 2. The van der Waals surface area contributed by atoms with E-state index in [1.165, 1.54) is 79.7 Å². The molecule has 37 heavy (non-hydrogen) atoms. The lowest BCUT2D eigenvalue weighted by Crippen LogP contribution is -2.25. The zero-order valence-corrected chi connectivity index (χ0v) is 22.4. The Morgan fingerprint density at radius 3 is 2.08 bits per heavy atom. The molecule has 0 atom stereocenters. The Hall–Kier alpha value is -3.02. The van der Waals surface area contributed by atoms with Crippen LogP contribution in [0.4, 0.5) is 0 Å². The molecule has 2 aliphatic heterocycles. The minimum atomic E-state index is 0.739. The fourth-order valence-corrected chi connectivity index (χ4v) is 5.59. The summed E-state index contributed by atoms with van der Waals surface area (Å²) in [7, 11) is 3.50. The Bertz CT molecular complexity index is 1150. The van der Waals surface area contributed by atoms with Gasteiger partial charge in [-0.25, -0.2) is 0 Å². The third-order valence-corrected chi connectivity index (χ3v) is 7.69. The second-order valence-corrected chi connectivity index (χ2v) is 10.3. The van der Waals surface area contributed by atoms with E-state index < -0.39 is 0 Å². The molecule has 0 N–H and O–H groups in total. The summed E-state index contributed by atoms with van der Waals surface area (Å²) in [5.41, 5.74) is 6.13. The average molecular weight is 501 g/mol. The molecule has 2 aliphatic rings. The van der Waals surface area contributed by atoms with E-state index in [4.69, 9.17) is 14.2 Å². The molecule has 2 fully saturated rings. The van der Waals surface area contributed by atoms with Crippen molar-refractivity contribution in [2.24, 2.45) is 0 Å². The Balaban J connectivity index is 1.30. The largest absolute Gasteiger partial charge is 0.497 e. The van der Waals surface area contributed by atoms with Gasteiger partial charge >= 0.3 is 0 Å². The lowest BCUT2D eigenvalue weighted by Gasteiger charge is -2.18. The van der Waals surface area contributed by atoms with E-state index >= 15 is 0 Å². The maximum atomic E-state index is 6.03. The van der Waals surface area contributed by atoms with Crippen LogP contribution in [0, 0.1) is 0 Å². The van der Waals surface area contributed by atoms with Crippen molar-refractivity contribution >= 4 is 0 Å². The van der Waals surface area contributed by atoms with Crippen molar-refractivity contribution < 1.29 is 14.2 Å². The van der Waals surface area contributed by atoms with Crippen LogP contribution in [0.15, 0.2) is 60.7 Å². The number of likely N-dealkylation sites (tertiary alicyclic amines) is 2. The molecule has 2 saturated heterocycles. The SMILES string of the molecule is COc1ccc(-c2ccc(OCCN3CCCC3)cc2)c(Cc2ccc(CN3CCCC3)c(OC)c2)c1. The number of hydrogen-bond acceptors (Lipinski definition) is 5. The van der Waals surface area contributed by atoms with Crippen molar-refractivity contribution in [1.29, 1.82) is 0 Å². The number of nitrogens with zero attached hydrogens (tertiary/aromatic N) is 2. The van der Waals surface area contributed by atoms with Gasteiger partial charge in [-0.05, 0) is 111 Å². The van der Waals surface area contributed by atoms with Crippen molar-refractivity contribution in [3.05, 3.63) is 77.4 Å². The Morgan fingerprint density at radius 2 is 1.38 bits per heavy atom. The second kappa shape index (κ2) is 12.5. The Kier molecular flexibility index (Phi) is 8.64. The molecule has 0 saturated carbocycles. The van der Waals surface area contributed by atoms with Crippen LogP contribution in [0.1, 0.15) is 42.4 Å². The van der Waals surface area contributed by atoms with Crippen LogP contribution in [0.3, 0.4) is 0 Å². The first-order valence-electron chi connectivity index (χ1n) is 13.7. The van der Waals surface area contributed by atoms with Gasteiger partial charge in [-0.15, -0.1) is 0 Å². The maximum absolute atomic E-state index is 6.03. The monoisotopic (exact) mass is 500 g/mol. The molecular weight excluding hydrogens is 460 g/mol. The molecular formula is C32H40N2O3. The zero-order chi connectivity index (χ0) is 25.5. The first-order valence-corrected chi connectivity index (χ1v) is 13.7. The smallest absolute Gasteiger partial charge is 0.123 e. The molecule has 0 unspecified atom stereocenters. The fourth-order valence-electron chi connectivity index (χ4n) is 5.59. The highest BCUT2D eigenvalue weighted by atomic mass is 16.5. The van der Waals surface area contributed by atoms with Gasteiger partial charge in [0, 0.05) is 18.7 Å². The Morgan fingerprint density at radius 1 is 0.676 bits per heavy atom. The quantitative estimate of drug-likeness (QED) is 0.321. The minimum absolute atomic E-state index is 0.739. The predicted octanol–water partition coefficient (Wildman–Crippen LogP) is 6.03. The summed E-state index contributed by atoms with van der Waals surface area (Å²) in [6.07, 6.45) is 6.03. The lowest BCUT2D eigenvalue weighted by atomic mass is 9.94. The van der Waals surface area contributed by atoms with Crippen LogP contribution >= 0.6 is 0 Å². The molecule has 0 bridgehead atoms. The van der Waals surface area contributed by atoms with E-state index in [1.54, 1.807) is 14.2 Å². The summed E-state index contributed by atoms with van der Waals surface area (Å²) in [6.45, 7) is 7.47. The summed E-state index contributed by atoms with van der Waals surface area (Å²) < 4.78 is 17.4. The third-order valence-electron chi connectivity index (χ3n) is 7.69. The van der Waals surface area contributed by atoms with Crippen molar-refractivity contribution in [3.63, 3.8) is 0 Å². The summed E-state index contributed by atoms with van der Waals surface area (Å²) in [5.74, 6) is 2.78. The molecule has 0 aromatic heterocycles. The van der Waals surface area contributed by atoms with E-state index in [2.05, 4.69) is 64.4 Å². The number of hydrogen-bond donors (Lipinski definition) is 0. The molecule has 5 rings (SSSR count). The molecule has 3 aromatic carbocycles. The van der Waals surface area contributed by atoms with E-state index in [0.29, 0.717) is 0 Å². The molecule has 2 heterocycles. The van der Waals surface area contributed by atoms with E-state index in [0.717, 1.165) is 43.4 Å². The topological polar surface area (TPSA) is 34.2 Å². The van der Waals surface area contributed by atoms with Gasteiger partial charge in [0.15, 0.2) is 0 Å². The van der Waals surface area contributed by atoms with Crippen molar-refractivity contribution in [3.8, 4) is 28.4 Å². The van der Waals surface area contributed by atoms with Crippen LogP contribution in [-0.2, 0) is 13.0 Å². The van der Waals surface area contributed by atoms with Gasteiger partial charge in [0.25, 0.3) is 0 Å². The molecule has 3 aromatic rings. The van der Waals surface area contributed by atoms with Gasteiger partial charge in [-0.2, -0.15) is 0 Å². The van der Waals surface area contributed by atoms with Gasteiger partial charge in [0.05, 0.1) is 14.2 Å². The highest BCUT2D eigenvalue weighted by molar-refractivity contribution is 5.69. The van der Waals surface area contributed by atoms with E-state index in [9.17, 15) is 0 Å². The van der Waals surface area contributed by atoms with Crippen molar-refractivity contribution in [2.75, 3.05) is 53.6 Å². The molecule has 0 aliphatic carbocycles. The molecule has 0 amide bonds. The van der Waals surface area contributed by atoms with Crippen LogP contribution in [-0.4, -0.2) is 63.4 Å². The third kappa shape index (κ3) is 6.65. The first-order chi connectivity index (χ1) is 18.2. The van der Waals surface area contributed by atoms with Gasteiger partial charge in [-0.3, -0.25) is 9.80 Å². The van der Waals surface area contributed by atoms with Crippen LogP contribution in [0.25, 0.3) is 11.1 Å². The fraction of sp³-hybridized carbons (Fsp3) is 0.438. The zero-order valence-electron chi connectivity index (χ0n) is 22.4. The van der Waals surface area contributed by atoms with Gasteiger partial charge < -0.3 is 14.2 Å². The molecule has 5 heteroatoms. The van der Waals surface area contributed by atoms with E-state index in [1.807, 2.05) is 6.07 Å². The molecule has 0 radical (unpaired) electrons. The second-order valence-electron chi connectivity index (χ2n) is 10.3. The average Bonchev–Trinajstić information content (AvgIpc) is 3.65. The summed E-state index contributed by atoms with van der Waals surface area (Å²) in [4.78, 5) is 4.99. The van der Waals surface area contributed by atoms with Gasteiger partial charge in [-0.1, -0.05) is 30.3 Å². The minimum Gasteiger partial charge on any atom is -0.497 e. The molecule has 0 spiro atoms. The van der Waals surface area contributed by atoms with Gasteiger partial charge in [0.2, 0.25) is 0 Å². The van der Waals surface area contributed by atoms with Crippen LogP contribution in [0.5, 0.6) is 17.2 Å². The lowest BCUT2D eigenvalue weighted by molar-refractivity contribution is 0.238. The van der Waals surface area contributed by atoms with Crippen molar-refractivity contribution in [2.45, 2.75) is 38.6 Å². The van der Waals surface area contributed by atoms with Crippen molar-refractivity contribution in [1.82, 2.24) is 9.80 Å². The number of benzene rings is 3. The van der Waals surface area contributed by atoms with E-state index in [-0.39, 0.29) is 0 Å². The summed E-state index contributed by atoms with van der Waals surface area (Å²) in [5, 5.41) is 0. The normalized spacial score (nSPS) is 16.3. The van der Waals surface area contributed by atoms with Crippen LogP contribution < -0.4 is 14.2 Å². The predicted molar refractivity (Wildman–Crippen MR) is 150 cm³/mol. The Labute approximate surface area is 222 Å². The van der Waals surface area contributed by atoms with Gasteiger partial charge in [0.1, 0.15) is 23.9 Å². The highest BCUT2D eigenvalue weighted by Gasteiger charge is 2.16. The standard InChI is InChI=1S/C32H40N2O3/c1-35-30-13-14-31(26-9-11-29(12-10-26)37-20-19-33-15-3-4-16-33)28(23-30)21-25-7-8-27(32(22-25)36-2)24-34-17-5-6-18-34/h7-14,22-23H,3-6,15-21,24H2,1-2H3.